The van der Waals surface area contributed by atoms with E-state index in [1.54, 1.807) is 0 Å². The zero-order valence-corrected chi connectivity index (χ0v) is 12.3. The van der Waals surface area contributed by atoms with Crippen molar-refractivity contribution >= 4 is 0 Å². The molecule has 0 fully saturated rings. The van der Waals surface area contributed by atoms with Crippen LogP contribution in [0.1, 0.15) is 55.4 Å². The Morgan fingerprint density at radius 2 is 1.33 bits per heavy atom. The normalized spacial score (nSPS) is 14.4. The van der Waals surface area contributed by atoms with E-state index in [4.69, 9.17) is 0 Å². The Morgan fingerprint density at radius 3 is 1.60 bits per heavy atom. The maximum absolute atomic E-state index is 2.51. The van der Waals surface area contributed by atoms with E-state index in [2.05, 4.69) is 67.3 Å². The Kier molecular flexibility index (Phi) is 4.85. The molecule has 0 amide bonds. The topological polar surface area (TPSA) is 3.24 Å². The zero-order valence-electron chi connectivity index (χ0n) is 12.3. The van der Waals surface area contributed by atoms with E-state index in [9.17, 15) is 0 Å². The fourth-order valence-corrected chi connectivity index (χ4v) is 1.97. The van der Waals surface area contributed by atoms with Crippen molar-refractivity contribution in [3.63, 3.8) is 0 Å². The second kappa shape index (κ2) is 4.86. The standard InChI is InChI=1S/C14H31N/c1-11(2)10-15(9)14(7,8)13(5,6)12(3)4/h11-12H,10H2,1-9H3. The van der Waals surface area contributed by atoms with Crippen LogP contribution in [0.25, 0.3) is 0 Å². The van der Waals surface area contributed by atoms with Crippen molar-refractivity contribution in [2.75, 3.05) is 13.6 Å². The molecule has 0 saturated carbocycles. The van der Waals surface area contributed by atoms with E-state index in [1.165, 1.54) is 6.54 Å². The highest BCUT2D eigenvalue weighted by Crippen LogP contribution is 2.41. The Balaban J connectivity index is 4.79. The summed E-state index contributed by atoms with van der Waals surface area (Å²) in [7, 11) is 2.25. The van der Waals surface area contributed by atoms with Gasteiger partial charge in [-0.05, 0) is 38.1 Å². The van der Waals surface area contributed by atoms with Crippen LogP contribution < -0.4 is 0 Å². The summed E-state index contributed by atoms with van der Waals surface area (Å²) in [5, 5.41) is 0. The second-order valence-electron chi connectivity index (χ2n) is 6.71. The quantitative estimate of drug-likeness (QED) is 0.666. The van der Waals surface area contributed by atoms with Crippen molar-refractivity contribution in [2.45, 2.75) is 60.9 Å². The van der Waals surface area contributed by atoms with Crippen LogP contribution in [0.15, 0.2) is 0 Å². The summed E-state index contributed by atoms with van der Waals surface area (Å²) in [5.41, 5.74) is 0.572. The summed E-state index contributed by atoms with van der Waals surface area (Å²) >= 11 is 0. The Morgan fingerprint density at radius 1 is 0.933 bits per heavy atom. The SMILES string of the molecule is CC(C)CN(C)C(C)(C)C(C)(C)C(C)C. The summed E-state index contributed by atoms with van der Waals surface area (Å²) in [6, 6.07) is 0. The molecule has 0 aromatic heterocycles. The van der Waals surface area contributed by atoms with Gasteiger partial charge < -0.3 is 4.90 Å². The Hall–Kier alpha value is -0.0400. The number of rotatable bonds is 5. The van der Waals surface area contributed by atoms with Gasteiger partial charge in [0.05, 0.1) is 0 Å². The lowest BCUT2D eigenvalue weighted by molar-refractivity contribution is -0.00714. The molecule has 0 radical (unpaired) electrons. The van der Waals surface area contributed by atoms with Gasteiger partial charge in [-0.25, -0.2) is 0 Å². The van der Waals surface area contributed by atoms with Gasteiger partial charge in [0.2, 0.25) is 0 Å². The first-order valence-electron chi connectivity index (χ1n) is 6.24. The number of hydrogen-bond acceptors (Lipinski definition) is 1. The highest BCUT2D eigenvalue weighted by atomic mass is 15.2. The minimum absolute atomic E-state index is 0.242. The number of nitrogens with zero attached hydrogens (tertiary/aromatic N) is 1. The van der Waals surface area contributed by atoms with Crippen molar-refractivity contribution < 1.29 is 0 Å². The van der Waals surface area contributed by atoms with Gasteiger partial charge in [-0.3, -0.25) is 0 Å². The molecule has 92 valence electrons. The van der Waals surface area contributed by atoms with Crippen LogP contribution in [-0.4, -0.2) is 24.0 Å². The molecule has 0 saturated heterocycles. The van der Waals surface area contributed by atoms with Gasteiger partial charge in [-0.15, -0.1) is 0 Å². The van der Waals surface area contributed by atoms with Crippen LogP contribution in [0, 0.1) is 17.3 Å². The molecule has 0 aliphatic rings. The third-order valence-corrected chi connectivity index (χ3v) is 4.61. The van der Waals surface area contributed by atoms with Crippen LogP contribution in [0.2, 0.25) is 0 Å². The van der Waals surface area contributed by atoms with Gasteiger partial charge in [-0.1, -0.05) is 41.5 Å². The molecule has 0 aliphatic heterocycles. The molecule has 0 rings (SSSR count). The molecule has 0 unspecified atom stereocenters. The van der Waals surface area contributed by atoms with Crippen LogP contribution in [-0.2, 0) is 0 Å². The van der Waals surface area contributed by atoms with Crippen molar-refractivity contribution in [3.05, 3.63) is 0 Å². The fraction of sp³-hybridized carbons (Fsp3) is 1.00. The van der Waals surface area contributed by atoms with Crippen LogP contribution in [0.4, 0.5) is 0 Å². The van der Waals surface area contributed by atoms with Crippen molar-refractivity contribution in [2.24, 2.45) is 17.3 Å². The average molecular weight is 213 g/mol. The lowest BCUT2D eigenvalue weighted by Gasteiger charge is -2.51. The van der Waals surface area contributed by atoms with Crippen LogP contribution in [0.5, 0.6) is 0 Å². The van der Waals surface area contributed by atoms with E-state index in [-0.39, 0.29) is 5.54 Å². The Bertz CT molecular complexity index is 190. The smallest absolute Gasteiger partial charge is 0.0203 e. The first-order chi connectivity index (χ1) is 6.53. The molecule has 0 bridgehead atoms. The molecule has 0 N–H and O–H groups in total. The molecule has 0 heterocycles. The number of hydrogen-bond donors (Lipinski definition) is 0. The predicted octanol–water partition coefficient (Wildman–Crippen LogP) is 4.04. The first kappa shape index (κ1) is 15.0. The third-order valence-electron chi connectivity index (χ3n) is 4.61. The molecule has 0 aliphatic carbocycles. The lowest BCUT2D eigenvalue weighted by atomic mass is 9.66. The molecule has 0 atom stereocenters. The van der Waals surface area contributed by atoms with E-state index in [0.717, 1.165) is 5.92 Å². The molecule has 0 aromatic carbocycles. The molecular weight excluding hydrogens is 182 g/mol. The summed E-state index contributed by atoms with van der Waals surface area (Å²) in [6.07, 6.45) is 0. The van der Waals surface area contributed by atoms with Gasteiger partial charge >= 0.3 is 0 Å². The fourth-order valence-electron chi connectivity index (χ4n) is 1.97. The van der Waals surface area contributed by atoms with E-state index >= 15 is 0 Å². The molecule has 1 nitrogen and oxygen atoms in total. The van der Waals surface area contributed by atoms with Crippen molar-refractivity contribution in [1.29, 1.82) is 0 Å². The van der Waals surface area contributed by atoms with Crippen molar-refractivity contribution in [3.8, 4) is 0 Å². The molecule has 0 aromatic rings. The van der Waals surface area contributed by atoms with Crippen LogP contribution >= 0.6 is 0 Å². The summed E-state index contributed by atoms with van der Waals surface area (Å²) in [6.45, 7) is 19.9. The van der Waals surface area contributed by atoms with Gasteiger partial charge in [0.1, 0.15) is 0 Å². The minimum Gasteiger partial charge on any atom is -0.300 e. The zero-order chi connectivity index (χ0) is 12.4. The van der Waals surface area contributed by atoms with E-state index in [0.29, 0.717) is 11.3 Å². The molecular formula is C14H31N. The maximum Gasteiger partial charge on any atom is 0.0203 e. The highest BCUT2D eigenvalue weighted by Gasteiger charge is 2.42. The summed E-state index contributed by atoms with van der Waals surface area (Å²) < 4.78 is 0. The molecule has 0 spiro atoms. The lowest BCUT2D eigenvalue weighted by Crippen LogP contribution is -2.55. The molecule has 1 heteroatoms. The molecule has 15 heavy (non-hydrogen) atoms. The van der Waals surface area contributed by atoms with Crippen LogP contribution in [0.3, 0.4) is 0 Å². The largest absolute Gasteiger partial charge is 0.300 e. The third kappa shape index (κ3) is 3.21. The maximum atomic E-state index is 2.51. The monoisotopic (exact) mass is 213 g/mol. The van der Waals surface area contributed by atoms with Gasteiger partial charge in [0, 0.05) is 12.1 Å². The average Bonchev–Trinajstić information content (AvgIpc) is 2.01. The van der Waals surface area contributed by atoms with E-state index in [1.807, 2.05) is 0 Å². The second-order valence-corrected chi connectivity index (χ2v) is 6.71. The van der Waals surface area contributed by atoms with Gasteiger partial charge in [0.15, 0.2) is 0 Å². The Labute approximate surface area is 97.2 Å². The highest BCUT2D eigenvalue weighted by molar-refractivity contribution is 4.95. The first-order valence-corrected chi connectivity index (χ1v) is 6.24. The van der Waals surface area contributed by atoms with E-state index < -0.39 is 0 Å². The van der Waals surface area contributed by atoms with Crippen molar-refractivity contribution in [1.82, 2.24) is 4.90 Å². The minimum atomic E-state index is 0.242. The summed E-state index contributed by atoms with van der Waals surface area (Å²) in [5.74, 6) is 1.43. The predicted molar refractivity (Wildman–Crippen MR) is 70.2 cm³/mol. The van der Waals surface area contributed by atoms with Gasteiger partial charge in [-0.2, -0.15) is 0 Å². The van der Waals surface area contributed by atoms with Gasteiger partial charge in [0.25, 0.3) is 0 Å². The summed E-state index contributed by atoms with van der Waals surface area (Å²) in [4.78, 5) is 2.51.